The van der Waals surface area contributed by atoms with Gasteiger partial charge in [-0.05, 0) is 20.8 Å². The Bertz CT molecular complexity index is 447. The third kappa shape index (κ3) is 2.50. The van der Waals surface area contributed by atoms with Crippen molar-refractivity contribution in [1.82, 2.24) is 5.01 Å². The first-order chi connectivity index (χ1) is 8.90. The van der Waals surface area contributed by atoms with Crippen molar-refractivity contribution in [3.8, 4) is 0 Å². The number of oxime groups is 1. The lowest BCUT2D eigenvalue weighted by atomic mass is 9.93. The van der Waals surface area contributed by atoms with Gasteiger partial charge in [0.15, 0.2) is 0 Å². The van der Waals surface area contributed by atoms with Crippen molar-refractivity contribution < 1.29 is 24.2 Å². The van der Waals surface area contributed by atoms with Crippen LogP contribution in [0.3, 0.4) is 0 Å². The third-order valence-electron chi connectivity index (χ3n) is 2.60. The van der Waals surface area contributed by atoms with Crippen LogP contribution in [0.2, 0.25) is 0 Å². The summed E-state index contributed by atoms with van der Waals surface area (Å²) in [7, 11) is 1.32. The van der Waals surface area contributed by atoms with E-state index in [1.54, 1.807) is 13.8 Å². The zero-order valence-corrected chi connectivity index (χ0v) is 11.2. The lowest BCUT2D eigenvalue weighted by Crippen LogP contribution is -2.54. The van der Waals surface area contributed by atoms with Gasteiger partial charge >= 0.3 is 6.09 Å². The number of nitrogens with two attached hydrogens (primary N) is 1. The van der Waals surface area contributed by atoms with Crippen molar-refractivity contribution in [2.75, 3.05) is 13.7 Å². The number of primary amides is 1. The molecule has 1 aliphatic rings. The monoisotopic (exact) mass is 272 g/mol. The van der Waals surface area contributed by atoms with Crippen molar-refractivity contribution in [2.24, 2.45) is 16.0 Å². The molecule has 2 amide bonds. The highest BCUT2D eigenvalue weighted by Gasteiger charge is 2.55. The highest BCUT2D eigenvalue weighted by atomic mass is 17.2. The lowest BCUT2D eigenvalue weighted by Gasteiger charge is -2.24. The van der Waals surface area contributed by atoms with Crippen LogP contribution < -0.4 is 5.73 Å². The van der Waals surface area contributed by atoms with Crippen molar-refractivity contribution in [1.29, 1.82) is 0 Å². The maximum absolute atomic E-state index is 12.3. The Labute approximate surface area is 109 Å². The predicted molar refractivity (Wildman–Crippen MR) is 65.1 cm³/mol. The summed E-state index contributed by atoms with van der Waals surface area (Å²) < 4.78 is 0. The number of hydrogen-bond acceptors (Lipinski definition) is 7. The Morgan fingerprint density at radius 2 is 2.21 bits per heavy atom. The molecule has 9 heteroatoms. The Morgan fingerprint density at radius 3 is 2.63 bits per heavy atom. The first kappa shape index (κ1) is 14.9. The summed E-state index contributed by atoms with van der Waals surface area (Å²) in [5.41, 5.74) is 3.50. The normalized spacial score (nSPS) is 23.4. The van der Waals surface area contributed by atoms with E-state index in [4.69, 9.17) is 10.6 Å². The largest absolute Gasteiger partial charge is 0.436 e. The minimum Gasteiger partial charge on any atom is -0.399 e. The van der Waals surface area contributed by atoms with E-state index in [1.807, 2.05) is 0 Å². The molecule has 0 saturated carbocycles. The van der Waals surface area contributed by atoms with E-state index in [0.29, 0.717) is 6.54 Å². The quantitative estimate of drug-likeness (QED) is 0.430. The summed E-state index contributed by atoms with van der Waals surface area (Å²) in [6.45, 7) is 5.11. The standard InChI is InChI=1S/C10H16N4O5/c1-5-14-8(15)10(6(2)12-14,7(3)13-17-4)19-18-9(11)16/h5H2,1-4H3,(H2,11,16)/b13-7+. The molecule has 1 unspecified atom stereocenters. The molecule has 2 N–H and O–H groups in total. The molecule has 1 aliphatic heterocycles. The molecule has 0 spiro atoms. The maximum atomic E-state index is 12.3. The van der Waals surface area contributed by atoms with E-state index in [9.17, 15) is 9.59 Å². The molecule has 0 bridgehead atoms. The number of hydrogen-bond donors (Lipinski definition) is 1. The van der Waals surface area contributed by atoms with E-state index >= 15 is 0 Å². The zero-order chi connectivity index (χ0) is 14.6. The highest BCUT2D eigenvalue weighted by molar-refractivity contribution is 6.31. The molecule has 1 atom stereocenters. The van der Waals surface area contributed by atoms with Gasteiger partial charge in [0.05, 0.1) is 5.71 Å². The van der Waals surface area contributed by atoms with Crippen LogP contribution in [-0.4, -0.2) is 47.7 Å². The Balaban J connectivity index is 3.20. The molecule has 0 aromatic carbocycles. The van der Waals surface area contributed by atoms with Crippen LogP contribution in [0.25, 0.3) is 0 Å². The van der Waals surface area contributed by atoms with Crippen LogP contribution in [0.5, 0.6) is 0 Å². The van der Waals surface area contributed by atoms with E-state index in [0.717, 1.165) is 0 Å². The Morgan fingerprint density at radius 1 is 1.58 bits per heavy atom. The van der Waals surface area contributed by atoms with Gasteiger partial charge in [-0.3, -0.25) is 9.68 Å². The van der Waals surface area contributed by atoms with E-state index in [1.165, 1.54) is 19.0 Å². The van der Waals surface area contributed by atoms with Crippen LogP contribution in [0.4, 0.5) is 4.79 Å². The molecule has 0 fully saturated rings. The molecule has 0 aromatic heterocycles. The Hall–Kier alpha value is -2.16. The number of amides is 2. The topological polar surface area (TPSA) is 116 Å². The lowest BCUT2D eigenvalue weighted by molar-refractivity contribution is -0.266. The van der Waals surface area contributed by atoms with Gasteiger partial charge < -0.3 is 10.6 Å². The average molecular weight is 272 g/mol. The SMILES string of the molecule is CCN1N=C(C)C(OOC(N)=O)(/C(C)=N/OC)C1=O. The van der Waals surface area contributed by atoms with E-state index in [-0.39, 0.29) is 11.4 Å². The molecule has 9 nitrogen and oxygen atoms in total. The summed E-state index contributed by atoms with van der Waals surface area (Å²) in [4.78, 5) is 36.8. The fourth-order valence-corrected chi connectivity index (χ4v) is 1.73. The summed E-state index contributed by atoms with van der Waals surface area (Å²) in [5, 5.41) is 8.86. The molecule has 0 aliphatic carbocycles. The summed E-state index contributed by atoms with van der Waals surface area (Å²) in [6.07, 6.45) is -1.18. The minimum absolute atomic E-state index is 0.137. The average Bonchev–Trinajstić information content (AvgIpc) is 2.60. The predicted octanol–water partition coefficient (Wildman–Crippen LogP) is 0.0124. The first-order valence-corrected chi connectivity index (χ1v) is 5.51. The second kappa shape index (κ2) is 5.65. The summed E-state index contributed by atoms with van der Waals surface area (Å²) >= 11 is 0. The van der Waals surface area contributed by atoms with Crippen molar-refractivity contribution in [3.63, 3.8) is 0 Å². The Kier molecular flexibility index (Phi) is 4.43. The number of nitrogens with zero attached hydrogens (tertiary/aromatic N) is 3. The van der Waals surface area contributed by atoms with E-state index < -0.39 is 17.6 Å². The van der Waals surface area contributed by atoms with Crippen LogP contribution in [-0.2, 0) is 19.4 Å². The van der Waals surface area contributed by atoms with E-state index in [2.05, 4.69) is 20.0 Å². The van der Waals surface area contributed by atoms with Gasteiger partial charge in [-0.15, -0.1) is 0 Å². The molecular formula is C10H16N4O5. The smallest absolute Gasteiger partial charge is 0.399 e. The van der Waals surface area contributed by atoms with Crippen molar-refractivity contribution >= 4 is 23.4 Å². The second-order valence-corrected chi connectivity index (χ2v) is 3.73. The minimum atomic E-state index is -1.74. The number of carbonyl (C=O) groups is 2. The van der Waals surface area contributed by atoms with Crippen LogP contribution in [0, 0.1) is 0 Å². The summed E-state index contributed by atoms with van der Waals surface area (Å²) in [6, 6.07) is 0. The first-order valence-electron chi connectivity index (χ1n) is 5.51. The van der Waals surface area contributed by atoms with Crippen molar-refractivity contribution in [3.05, 3.63) is 0 Å². The number of likely N-dealkylation sites (N-methyl/N-ethyl adjacent to an activating group) is 1. The van der Waals surface area contributed by atoms with Crippen LogP contribution in [0.1, 0.15) is 20.8 Å². The van der Waals surface area contributed by atoms with Crippen LogP contribution in [0.15, 0.2) is 10.3 Å². The van der Waals surface area contributed by atoms with Gasteiger partial charge in [0, 0.05) is 6.54 Å². The van der Waals surface area contributed by atoms with Gasteiger partial charge in [-0.1, -0.05) is 5.16 Å². The van der Waals surface area contributed by atoms with Gasteiger partial charge in [-0.25, -0.2) is 9.80 Å². The van der Waals surface area contributed by atoms with Gasteiger partial charge in [0.2, 0.25) is 0 Å². The molecular weight excluding hydrogens is 256 g/mol. The molecule has 106 valence electrons. The summed E-state index contributed by atoms with van der Waals surface area (Å²) in [5.74, 6) is -0.535. The molecule has 19 heavy (non-hydrogen) atoms. The van der Waals surface area contributed by atoms with Crippen LogP contribution >= 0.6 is 0 Å². The highest BCUT2D eigenvalue weighted by Crippen LogP contribution is 2.27. The van der Waals surface area contributed by atoms with Gasteiger partial charge in [0.1, 0.15) is 12.8 Å². The second-order valence-electron chi connectivity index (χ2n) is 3.73. The van der Waals surface area contributed by atoms with Crippen molar-refractivity contribution in [2.45, 2.75) is 26.4 Å². The number of rotatable bonds is 5. The fraction of sp³-hybridized carbons (Fsp3) is 0.600. The fourth-order valence-electron chi connectivity index (χ4n) is 1.73. The zero-order valence-electron chi connectivity index (χ0n) is 11.2. The molecule has 0 radical (unpaired) electrons. The van der Waals surface area contributed by atoms with Gasteiger partial charge in [-0.2, -0.15) is 9.99 Å². The number of carbonyl (C=O) groups excluding carboxylic acids is 2. The molecule has 0 saturated heterocycles. The molecule has 1 rings (SSSR count). The number of hydrazone groups is 1. The third-order valence-corrected chi connectivity index (χ3v) is 2.60. The van der Waals surface area contributed by atoms with Gasteiger partial charge in [0.25, 0.3) is 11.5 Å². The molecule has 0 aromatic rings. The maximum Gasteiger partial charge on any atom is 0.436 e. The molecule has 1 heterocycles.